The van der Waals surface area contributed by atoms with Crippen LogP contribution in [0.2, 0.25) is 0 Å². The van der Waals surface area contributed by atoms with Crippen LogP contribution in [0.3, 0.4) is 0 Å². The molecular weight excluding hydrogens is 721 g/mol. The number of nitrogens with one attached hydrogen (secondary N) is 2. The maximum atomic E-state index is 9.49. The van der Waals surface area contributed by atoms with Gasteiger partial charge in [0.15, 0.2) is 0 Å². The van der Waals surface area contributed by atoms with Crippen LogP contribution in [0.4, 0.5) is 0 Å². The summed E-state index contributed by atoms with van der Waals surface area (Å²) < 4.78 is 10.9. The average molecular weight is 779 g/mol. The minimum atomic E-state index is -0.0834. The molecule has 0 aliphatic carbocycles. The lowest BCUT2D eigenvalue weighted by Crippen LogP contribution is -2.17. The van der Waals surface area contributed by atoms with Gasteiger partial charge in [0.1, 0.15) is 0 Å². The number of rotatable bonds is 4. The topological polar surface area (TPSA) is 66.8 Å². The van der Waals surface area contributed by atoms with Gasteiger partial charge < -0.3 is 13.9 Å². The number of nitrogens with zero attached hydrogens (tertiary/aromatic N) is 2. The van der Waals surface area contributed by atoms with Crippen LogP contribution in [-0.4, -0.2) is 20.9 Å². The Hall–Kier alpha value is -5.94. The van der Waals surface area contributed by atoms with E-state index in [0.29, 0.717) is 11.1 Å². The van der Waals surface area contributed by atoms with Gasteiger partial charge in [0.2, 0.25) is 11.8 Å². The Labute approximate surface area is 349 Å². The largest absolute Gasteiger partial charge is 0.420 e. The van der Waals surface area contributed by atoms with Gasteiger partial charge in [-0.25, -0.2) is 0 Å². The molecule has 0 amide bonds. The summed E-state index contributed by atoms with van der Waals surface area (Å²) in [6, 6.07) is 42.9. The molecule has 0 aliphatic rings. The van der Waals surface area contributed by atoms with E-state index in [4.69, 9.17) is 4.74 Å². The maximum absolute atomic E-state index is 9.49. The van der Waals surface area contributed by atoms with Gasteiger partial charge >= 0.3 is 0 Å². The fraction of sp³-hybridized carbons (Fsp3) is 0.296. The van der Waals surface area contributed by atoms with Crippen LogP contribution in [-0.2, 0) is 26.4 Å². The minimum Gasteiger partial charge on any atom is -0.420 e. The first kappa shape index (κ1) is 39.9. The molecule has 0 bridgehead atoms. The highest BCUT2D eigenvalue weighted by atomic mass is 16.5. The zero-order valence-corrected chi connectivity index (χ0v) is 36.8. The van der Waals surface area contributed by atoms with Gasteiger partial charge in [-0.05, 0) is 117 Å². The predicted octanol–water partition coefficient (Wildman–Crippen LogP) is 14.4. The molecule has 2 N–H and O–H groups in total. The molecule has 0 saturated carbocycles. The smallest absolute Gasteiger partial charge is 0.223 e. The number of aromatic nitrogens is 2. The molecular formula is C54H58N4O. The van der Waals surface area contributed by atoms with Crippen LogP contribution in [0.25, 0.3) is 55.0 Å². The molecule has 0 saturated heterocycles. The molecule has 59 heavy (non-hydrogen) atoms. The number of benzene rings is 6. The normalized spacial score (nSPS) is 12.9. The summed E-state index contributed by atoms with van der Waals surface area (Å²) in [5.74, 6) is -0.167. The number of hydrogen-bond acceptors (Lipinski definition) is 3. The fourth-order valence-electron chi connectivity index (χ4n) is 8.36. The summed E-state index contributed by atoms with van der Waals surface area (Å²) in [6.07, 6.45) is 0. The molecule has 0 unspecified atom stereocenters. The van der Waals surface area contributed by atoms with E-state index in [1.54, 1.807) is 0 Å². The van der Waals surface area contributed by atoms with Gasteiger partial charge in [0, 0.05) is 21.5 Å². The lowest BCUT2D eigenvalue weighted by molar-refractivity contribution is 0.537. The van der Waals surface area contributed by atoms with E-state index in [-0.39, 0.29) is 33.5 Å². The van der Waals surface area contributed by atoms with E-state index in [9.17, 15) is 10.8 Å². The first-order valence-electron chi connectivity index (χ1n) is 20.9. The van der Waals surface area contributed by atoms with Crippen molar-refractivity contribution in [3.8, 4) is 11.4 Å². The van der Waals surface area contributed by atoms with Gasteiger partial charge in [-0.1, -0.05) is 132 Å². The summed E-state index contributed by atoms with van der Waals surface area (Å²) in [5, 5.41) is 23.7. The zero-order valence-electron chi connectivity index (χ0n) is 36.8. The molecule has 6 aromatic carbocycles. The first-order chi connectivity index (χ1) is 27.6. The van der Waals surface area contributed by atoms with Crippen LogP contribution >= 0.6 is 0 Å². The number of para-hydroxylation sites is 2. The molecule has 300 valence electrons. The number of hydrogen-bond donors (Lipinski definition) is 2. The van der Waals surface area contributed by atoms with Crippen molar-refractivity contribution in [2.75, 3.05) is 0 Å². The Balaban J connectivity index is 1.24. The summed E-state index contributed by atoms with van der Waals surface area (Å²) >= 11 is 0. The third kappa shape index (κ3) is 7.05. The van der Waals surface area contributed by atoms with Crippen molar-refractivity contribution in [2.45, 2.75) is 105 Å². The van der Waals surface area contributed by atoms with E-state index in [2.05, 4.69) is 177 Å². The van der Waals surface area contributed by atoms with Crippen molar-refractivity contribution in [1.29, 1.82) is 10.8 Å². The second kappa shape index (κ2) is 13.8. The molecule has 8 rings (SSSR count). The lowest BCUT2D eigenvalue weighted by Gasteiger charge is -2.20. The molecule has 2 heterocycles. The maximum Gasteiger partial charge on any atom is 0.223 e. The molecule has 0 radical (unpaired) electrons. The quantitative estimate of drug-likeness (QED) is 0.136. The Morgan fingerprint density at radius 1 is 0.373 bits per heavy atom. The second-order valence-corrected chi connectivity index (χ2v) is 20.4. The van der Waals surface area contributed by atoms with Crippen LogP contribution in [0.15, 0.2) is 121 Å². The lowest BCUT2D eigenvalue weighted by atomic mass is 9.85. The monoisotopic (exact) mass is 778 g/mol. The van der Waals surface area contributed by atoms with E-state index < -0.39 is 0 Å². The van der Waals surface area contributed by atoms with E-state index >= 15 is 0 Å². The Bertz CT molecular complexity index is 2630. The van der Waals surface area contributed by atoms with E-state index in [0.717, 1.165) is 33.4 Å². The van der Waals surface area contributed by atoms with E-state index in [1.807, 2.05) is 36.4 Å². The number of ether oxygens (including phenoxy) is 1. The van der Waals surface area contributed by atoms with Crippen LogP contribution in [0, 0.1) is 10.8 Å². The molecule has 5 heteroatoms. The number of fused-ring (bicyclic) bond motifs is 6. The van der Waals surface area contributed by atoms with Crippen molar-refractivity contribution in [1.82, 2.24) is 9.13 Å². The Morgan fingerprint density at radius 2 is 0.627 bits per heavy atom. The fourth-order valence-corrected chi connectivity index (χ4v) is 8.36. The predicted molar refractivity (Wildman–Crippen MR) is 251 cm³/mol. The Kier molecular flexibility index (Phi) is 9.35. The standard InChI is InChI=1S/C54H58N4O/c1-51(2,3)33-21-25-45-39(29-33)40-30-34(52(4,5)6)22-26-46(40)57(45)43-19-15-13-17-37(43)49(55)59-50(56)38-18-14-16-20-44(38)58-47-27-23-35(53(7,8)9)31-41(47)42-32-36(54(10,11)12)24-28-48(42)58/h13-32,55-56H,1-12H3. The molecule has 5 nitrogen and oxygen atoms in total. The minimum absolute atomic E-state index is 0.0151. The highest BCUT2D eigenvalue weighted by molar-refractivity contribution is 6.14. The average Bonchev–Trinajstić information content (AvgIpc) is 3.67. The molecule has 0 atom stereocenters. The highest BCUT2D eigenvalue weighted by Crippen LogP contribution is 2.40. The van der Waals surface area contributed by atoms with Crippen molar-refractivity contribution >= 4 is 55.4 Å². The molecule has 8 aromatic rings. The second-order valence-electron chi connectivity index (χ2n) is 20.4. The van der Waals surface area contributed by atoms with Gasteiger partial charge in [-0.3, -0.25) is 10.8 Å². The van der Waals surface area contributed by atoms with Crippen molar-refractivity contribution < 1.29 is 4.74 Å². The summed E-state index contributed by atoms with van der Waals surface area (Å²) in [6.45, 7) is 27.0. The van der Waals surface area contributed by atoms with Gasteiger partial charge in [0.05, 0.1) is 44.6 Å². The van der Waals surface area contributed by atoms with Crippen molar-refractivity contribution in [2.24, 2.45) is 0 Å². The third-order valence-electron chi connectivity index (χ3n) is 12.0. The molecule has 2 aromatic heterocycles. The van der Waals surface area contributed by atoms with Gasteiger partial charge in [0.25, 0.3) is 0 Å². The van der Waals surface area contributed by atoms with Crippen LogP contribution < -0.4 is 0 Å². The Morgan fingerprint density at radius 3 is 0.881 bits per heavy atom. The van der Waals surface area contributed by atoms with Crippen molar-refractivity contribution in [3.63, 3.8) is 0 Å². The summed E-state index contributed by atoms with van der Waals surface area (Å²) in [4.78, 5) is 0. The zero-order chi connectivity index (χ0) is 42.4. The third-order valence-corrected chi connectivity index (χ3v) is 12.0. The van der Waals surface area contributed by atoms with Gasteiger partial charge in [-0.15, -0.1) is 0 Å². The summed E-state index contributed by atoms with van der Waals surface area (Å²) in [7, 11) is 0. The van der Waals surface area contributed by atoms with Crippen LogP contribution in [0.5, 0.6) is 0 Å². The SMILES string of the molecule is CC(C)(C)c1ccc2c(c1)c1cc(C(C)(C)C)ccc1n2-c1ccccc1C(=N)OC(=N)c1ccccc1-n1c2ccc(C(C)(C)C)cc2c2cc(C(C)(C)C)ccc21. The molecule has 0 fully saturated rings. The van der Waals surface area contributed by atoms with Crippen LogP contribution in [0.1, 0.15) is 116 Å². The molecule has 0 spiro atoms. The summed E-state index contributed by atoms with van der Waals surface area (Å²) in [5.41, 5.74) is 12.2. The van der Waals surface area contributed by atoms with Crippen molar-refractivity contribution in [3.05, 3.63) is 155 Å². The highest BCUT2D eigenvalue weighted by Gasteiger charge is 2.26. The first-order valence-corrected chi connectivity index (χ1v) is 20.9. The molecule has 0 aliphatic heterocycles. The van der Waals surface area contributed by atoms with E-state index in [1.165, 1.54) is 43.8 Å². The van der Waals surface area contributed by atoms with Gasteiger partial charge in [-0.2, -0.15) is 0 Å².